The maximum Gasteiger partial charge on any atom is 0.226 e. The van der Waals surface area contributed by atoms with Crippen LogP contribution in [-0.2, 0) is 10.4 Å². The fourth-order valence-electron chi connectivity index (χ4n) is 3.52. The summed E-state index contributed by atoms with van der Waals surface area (Å²) in [6.07, 6.45) is -2.00. The summed E-state index contributed by atoms with van der Waals surface area (Å²) < 4.78 is 42.9. The summed E-state index contributed by atoms with van der Waals surface area (Å²) in [7, 11) is 0. The van der Waals surface area contributed by atoms with Crippen LogP contribution in [0.5, 0.6) is 0 Å². The van der Waals surface area contributed by atoms with Gasteiger partial charge in [0.15, 0.2) is 0 Å². The standard InChI is InChI=1S/C21H29N3O2/c1-21(2,26)15-10-11-17-18(13-15)24(16-8-5-9-16)20(22-17)23-19(25)12-14-6-3-4-7-14/h10-11,13-14,16,26H,3-9,12H2,1-2H3,(H,22,23,25)/i6D2,7D2,14D. The van der Waals surface area contributed by atoms with Gasteiger partial charge >= 0.3 is 0 Å². The van der Waals surface area contributed by atoms with Crippen molar-refractivity contribution in [2.45, 2.75) is 76.8 Å². The van der Waals surface area contributed by atoms with Crippen LogP contribution in [0.3, 0.4) is 0 Å². The lowest BCUT2D eigenvalue weighted by molar-refractivity contribution is -0.117. The molecule has 1 amide bonds. The van der Waals surface area contributed by atoms with Gasteiger partial charge in [-0.05, 0) is 69.4 Å². The molecule has 2 fully saturated rings. The Labute approximate surface area is 161 Å². The zero-order chi connectivity index (χ0) is 22.8. The molecule has 140 valence electrons. The van der Waals surface area contributed by atoms with Gasteiger partial charge in [0.1, 0.15) is 0 Å². The lowest BCUT2D eigenvalue weighted by Crippen LogP contribution is -2.23. The highest BCUT2D eigenvalue weighted by molar-refractivity contribution is 5.92. The Balaban J connectivity index is 1.67. The first kappa shape index (κ1) is 12.5. The monoisotopic (exact) mass is 360 g/mol. The fourth-order valence-corrected chi connectivity index (χ4v) is 3.52. The number of amides is 1. The molecule has 0 spiro atoms. The van der Waals surface area contributed by atoms with E-state index in [0.717, 1.165) is 30.3 Å². The second-order valence-electron chi connectivity index (χ2n) is 7.71. The average Bonchev–Trinajstić information content (AvgIpc) is 3.01. The lowest BCUT2D eigenvalue weighted by atomic mass is 9.92. The summed E-state index contributed by atoms with van der Waals surface area (Å²) in [4.78, 5) is 17.4. The Morgan fingerprint density at radius 3 is 2.73 bits per heavy atom. The molecule has 1 aromatic heterocycles. The Kier molecular flexibility index (Phi) is 3.22. The van der Waals surface area contributed by atoms with Gasteiger partial charge in [-0.3, -0.25) is 10.1 Å². The minimum atomic E-state index is -2.16. The molecule has 0 bridgehead atoms. The molecule has 1 heterocycles. The van der Waals surface area contributed by atoms with Crippen LogP contribution < -0.4 is 5.32 Å². The molecule has 2 saturated carbocycles. The number of nitrogens with zero attached hydrogens (tertiary/aromatic N) is 2. The van der Waals surface area contributed by atoms with Crippen molar-refractivity contribution in [3.05, 3.63) is 23.8 Å². The molecule has 2 aliphatic carbocycles. The third-order valence-electron chi connectivity index (χ3n) is 5.23. The molecule has 0 atom stereocenters. The molecule has 0 aliphatic heterocycles. The Bertz CT molecular complexity index is 1010. The number of benzene rings is 1. The Morgan fingerprint density at radius 1 is 1.38 bits per heavy atom. The first-order valence-corrected chi connectivity index (χ1v) is 9.30. The highest BCUT2D eigenvalue weighted by Gasteiger charge is 2.27. The van der Waals surface area contributed by atoms with E-state index >= 15 is 0 Å². The molecule has 2 N–H and O–H groups in total. The van der Waals surface area contributed by atoms with Gasteiger partial charge in [-0.25, -0.2) is 4.98 Å². The second-order valence-corrected chi connectivity index (χ2v) is 7.71. The second kappa shape index (κ2) is 6.69. The van der Waals surface area contributed by atoms with Crippen LogP contribution in [-0.4, -0.2) is 20.6 Å². The van der Waals surface area contributed by atoms with E-state index in [1.165, 1.54) is 0 Å². The summed E-state index contributed by atoms with van der Waals surface area (Å²) in [5.41, 5.74) is 1.17. The molecule has 4 rings (SSSR count). The number of hydrogen-bond donors (Lipinski definition) is 2. The number of hydrogen-bond acceptors (Lipinski definition) is 3. The Hall–Kier alpha value is -1.88. The summed E-state index contributed by atoms with van der Waals surface area (Å²) in [6, 6.07) is 5.63. The van der Waals surface area contributed by atoms with Crippen LogP contribution in [0, 0.1) is 5.89 Å². The van der Waals surface area contributed by atoms with Gasteiger partial charge < -0.3 is 9.67 Å². The topological polar surface area (TPSA) is 67.2 Å². The van der Waals surface area contributed by atoms with E-state index < -0.39 is 36.6 Å². The van der Waals surface area contributed by atoms with Crippen LogP contribution in [0.4, 0.5) is 5.95 Å². The van der Waals surface area contributed by atoms with Gasteiger partial charge in [0.05, 0.1) is 16.6 Å². The number of nitrogens with one attached hydrogen (secondary N) is 1. The summed E-state index contributed by atoms with van der Waals surface area (Å²) >= 11 is 0. The summed E-state index contributed by atoms with van der Waals surface area (Å²) in [5, 5.41) is 13.1. The highest BCUT2D eigenvalue weighted by Crippen LogP contribution is 2.38. The molecular weight excluding hydrogens is 326 g/mol. The molecule has 0 unspecified atom stereocenters. The van der Waals surface area contributed by atoms with Gasteiger partial charge in [0.25, 0.3) is 0 Å². The molecule has 1 aromatic carbocycles. The third-order valence-corrected chi connectivity index (χ3v) is 5.23. The highest BCUT2D eigenvalue weighted by atomic mass is 16.3. The van der Waals surface area contributed by atoms with Crippen LogP contribution in [0.25, 0.3) is 11.0 Å². The largest absolute Gasteiger partial charge is 0.386 e. The van der Waals surface area contributed by atoms with Crippen LogP contribution in [0.2, 0.25) is 0 Å². The van der Waals surface area contributed by atoms with Gasteiger partial charge in [0, 0.05) is 19.3 Å². The van der Waals surface area contributed by atoms with Gasteiger partial charge in [0.2, 0.25) is 11.9 Å². The first-order valence-electron chi connectivity index (χ1n) is 11.8. The van der Waals surface area contributed by atoms with Gasteiger partial charge in [-0.1, -0.05) is 18.9 Å². The van der Waals surface area contributed by atoms with E-state index in [2.05, 4.69) is 10.3 Å². The third kappa shape index (κ3) is 3.37. The van der Waals surface area contributed by atoms with Crippen LogP contribution in [0.1, 0.15) is 83.6 Å². The number of carbonyl (C=O) groups is 1. The van der Waals surface area contributed by atoms with Gasteiger partial charge in [-0.2, -0.15) is 0 Å². The van der Waals surface area contributed by atoms with Crippen molar-refractivity contribution in [1.29, 1.82) is 0 Å². The van der Waals surface area contributed by atoms with E-state index in [1.54, 1.807) is 26.0 Å². The molecule has 0 saturated heterocycles. The SMILES string of the molecule is [2H]C1([2H])CCC([2H])([2H])C1([2H])CC(=O)Nc1nc2ccc(C(C)(C)O)cc2n1C1CCC1. The van der Waals surface area contributed by atoms with Crippen LogP contribution in [0.15, 0.2) is 18.2 Å². The molecule has 5 heteroatoms. The van der Waals surface area contributed by atoms with Crippen molar-refractivity contribution in [2.24, 2.45) is 5.89 Å². The molecule has 0 radical (unpaired) electrons. The number of rotatable bonds is 5. The van der Waals surface area contributed by atoms with Crippen molar-refractivity contribution in [2.75, 3.05) is 5.32 Å². The molecule has 2 aromatic rings. The maximum absolute atomic E-state index is 12.9. The van der Waals surface area contributed by atoms with E-state index in [9.17, 15) is 9.90 Å². The molecule has 5 nitrogen and oxygen atoms in total. The van der Waals surface area contributed by atoms with Crippen molar-refractivity contribution in [3.63, 3.8) is 0 Å². The number of aliphatic hydroxyl groups is 1. The molecular formula is C21H29N3O2. The summed E-state index contributed by atoms with van der Waals surface area (Å²) in [5.74, 6) is -2.46. The summed E-state index contributed by atoms with van der Waals surface area (Å²) in [6.45, 7) is 3.41. The predicted molar refractivity (Wildman–Crippen MR) is 103 cm³/mol. The number of carbonyl (C=O) groups excluding carboxylic acids is 1. The maximum atomic E-state index is 12.9. The minimum Gasteiger partial charge on any atom is -0.386 e. The minimum absolute atomic E-state index is 0.0862. The van der Waals surface area contributed by atoms with E-state index in [1.807, 2.05) is 10.6 Å². The number of aromatic nitrogens is 2. The normalized spacial score (nSPS) is 27.0. The van der Waals surface area contributed by atoms with Crippen LogP contribution >= 0.6 is 0 Å². The Morgan fingerprint density at radius 2 is 2.12 bits per heavy atom. The zero-order valence-corrected chi connectivity index (χ0v) is 15.3. The molecule has 26 heavy (non-hydrogen) atoms. The van der Waals surface area contributed by atoms with Crippen molar-refractivity contribution >= 4 is 22.9 Å². The van der Waals surface area contributed by atoms with Crippen molar-refractivity contribution in [1.82, 2.24) is 9.55 Å². The number of anilines is 1. The van der Waals surface area contributed by atoms with E-state index in [-0.39, 0.29) is 18.9 Å². The fraction of sp³-hybridized carbons (Fsp3) is 0.619. The van der Waals surface area contributed by atoms with E-state index in [0.29, 0.717) is 11.5 Å². The van der Waals surface area contributed by atoms with E-state index in [4.69, 9.17) is 6.85 Å². The zero-order valence-electron chi connectivity index (χ0n) is 20.3. The lowest BCUT2D eigenvalue weighted by Gasteiger charge is -2.29. The smallest absolute Gasteiger partial charge is 0.226 e. The molecule has 2 aliphatic rings. The van der Waals surface area contributed by atoms with Crippen molar-refractivity contribution in [3.8, 4) is 0 Å². The number of imidazole rings is 1. The van der Waals surface area contributed by atoms with Gasteiger partial charge in [-0.15, -0.1) is 0 Å². The first-order chi connectivity index (χ1) is 14.3. The quantitative estimate of drug-likeness (QED) is 0.824. The van der Waals surface area contributed by atoms with Crippen molar-refractivity contribution < 1.29 is 16.8 Å². The predicted octanol–water partition coefficient (Wildman–Crippen LogP) is 4.51. The average molecular weight is 361 g/mol. The number of fused-ring (bicyclic) bond motifs is 1.